The zero-order valence-corrected chi connectivity index (χ0v) is 11.6. The van der Waals surface area contributed by atoms with Gasteiger partial charge in [-0.1, -0.05) is 12.1 Å². The minimum Gasteiger partial charge on any atom is -0.507 e. The van der Waals surface area contributed by atoms with Gasteiger partial charge < -0.3 is 19.6 Å². The number of hydrogen-bond donors (Lipinski definition) is 2. The number of phenols is 1. The van der Waals surface area contributed by atoms with Gasteiger partial charge in [0.25, 0.3) is 0 Å². The number of aromatic amines is 1. The van der Waals surface area contributed by atoms with Crippen molar-refractivity contribution in [1.82, 2.24) is 4.98 Å². The number of nitrogens with one attached hydrogen (secondary N) is 1. The molecule has 3 rings (SSSR count). The smallest absolute Gasteiger partial charge is 0.125 e. The highest BCUT2D eigenvalue weighted by atomic mass is 16.5. The first kappa shape index (κ1) is 13.2. The largest absolute Gasteiger partial charge is 0.507 e. The Kier molecular flexibility index (Phi) is 3.36. The molecule has 1 heterocycles. The molecule has 4 nitrogen and oxygen atoms in total. The molecule has 1 aromatic heterocycles. The first-order chi connectivity index (χ1) is 10.2. The molecule has 2 aromatic carbocycles. The predicted molar refractivity (Wildman–Crippen MR) is 81.7 cm³/mol. The Morgan fingerprint density at radius 3 is 2.86 bits per heavy atom. The number of aldehydes is 1. The van der Waals surface area contributed by atoms with Gasteiger partial charge in [0.05, 0.1) is 12.8 Å². The van der Waals surface area contributed by atoms with Crippen molar-refractivity contribution < 1.29 is 14.6 Å². The molecule has 0 radical (unpaired) electrons. The standard InChI is InChI=1S/C17H15NO3/c1-21-13-5-6-14-12(9-13)10-15(18-14)17-11(7-8-19)3-2-4-16(17)20/h2-6,8-10,18,20H,7H2,1H3. The topological polar surface area (TPSA) is 62.3 Å². The maximum Gasteiger partial charge on any atom is 0.125 e. The molecule has 0 fully saturated rings. The van der Waals surface area contributed by atoms with E-state index >= 15 is 0 Å². The number of ether oxygens (including phenoxy) is 1. The number of hydrogen-bond acceptors (Lipinski definition) is 3. The normalized spacial score (nSPS) is 10.7. The summed E-state index contributed by atoms with van der Waals surface area (Å²) >= 11 is 0. The molecule has 0 saturated carbocycles. The summed E-state index contributed by atoms with van der Waals surface area (Å²) in [5, 5.41) is 11.1. The Morgan fingerprint density at radius 2 is 2.10 bits per heavy atom. The Morgan fingerprint density at radius 1 is 1.24 bits per heavy atom. The number of carbonyl (C=O) groups is 1. The van der Waals surface area contributed by atoms with Gasteiger partial charge in [-0.05, 0) is 35.9 Å². The van der Waals surface area contributed by atoms with Gasteiger partial charge >= 0.3 is 0 Å². The van der Waals surface area contributed by atoms with Gasteiger partial charge in [-0.2, -0.15) is 0 Å². The Balaban J connectivity index is 2.18. The van der Waals surface area contributed by atoms with E-state index < -0.39 is 0 Å². The third-order valence-corrected chi connectivity index (χ3v) is 3.53. The molecular formula is C17H15NO3. The van der Waals surface area contributed by atoms with Crippen molar-refractivity contribution in [2.45, 2.75) is 6.42 Å². The summed E-state index contributed by atoms with van der Waals surface area (Å²) in [6, 6.07) is 12.9. The molecular weight excluding hydrogens is 266 g/mol. The van der Waals surface area contributed by atoms with E-state index in [2.05, 4.69) is 4.98 Å². The molecule has 0 spiro atoms. The minimum atomic E-state index is 0.160. The van der Waals surface area contributed by atoms with Crippen molar-refractivity contribution in [3.05, 3.63) is 48.0 Å². The van der Waals surface area contributed by atoms with Gasteiger partial charge in [0.1, 0.15) is 17.8 Å². The fourth-order valence-electron chi connectivity index (χ4n) is 2.53. The quantitative estimate of drug-likeness (QED) is 0.721. The van der Waals surface area contributed by atoms with Gasteiger partial charge in [0.15, 0.2) is 0 Å². The summed E-state index contributed by atoms with van der Waals surface area (Å²) in [5.41, 5.74) is 3.20. The van der Waals surface area contributed by atoms with E-state index in [1.165, 1.54) is 0 Å². The van der Waals surface area contributed by atoms with E-state index in [9.17, 15) is 9.90 Å². The summed E-state index contributed by atoms with van der Waals surface area (Å²) in [6.07, 6.45) is 1.10. The second-order valence-corrected chi connectivity index (χ2v) is 4.82. The molecule has 3 aromatic rings. The van der Waals surface area contributed by atoms with E-state index in [4.69, 9.17) is 4.74 Å². The molecule has 0 atom stereocenters. The second-order valence-electron chi connectivity index (χ2n) is 4.82. The van der Waals surface area contributed by atoms with E-state index in [0.29, 0.717) is 5.56 Å². The van der Waals surface area contributed by atoms with Gasteiger partial charge in [-0.25, -0.2) is 0 Å². The van der Waals surface area contributed by atoms with E-state index in [-0.39, 0.29) is 12.2 Å². The van der Waals surface area contributed by atoms with Gasteiger partial charge in [-0.15, -0.1) is 0 Å². The fraction of sp³-hybridized carbons (Fsp3) is 0.118. The van der Waals surface area contributed by atoms with Gasteiger partial charge in [0, 0.05) is 22.9 Å². The number of phenolic OH excluding ortho intramolecular Hbond substituents is 1. The SMILES string of the molecule is COc1ccc2[nH]c(-c3c(O)cccc3CC=O)cc2c1. The maximum absolute atomic E-state index is 10.8. The average molecular weight is 281 g/mol. The monoisotopic (exact) mass is 281 g/mol. The van der Waals surface area contributed by atoms with Crippen LogP contribution in [0, 0.1) is 0 Å². The lowest BCUT2D eigenvalue weighted by atomic mass is 10.0. The molecule has 106 valence electrons. The highest BCUT2D eigenvalue weighted by Gasteiger charge is 2.12. The van der Waals surface area contributed by atoms with Crippen molar-refractivity contribution in [1.29, 1.82) is 0 Å². The number of aromatic hydroxyl groups is 1. The van der Waals surface area contributed by atoms with Crippen LogP contribution in [-0.4, -0.2) is 23.5 Å². The van der Waals surface area contributed by atoms with E-state index in [1.807, 2.05) is 30.3 Å². The van der Waals surface area contributed by atoms with Crippen molar-refractivity contribution in [3.8, 4) is 22.8 Å². The average Bonchev–Trinajstić information content (AvgIpc) is 2.89. The predicted octanol–water partition coefficient (Wildman–Crippen LogP) is 3.29. The molecule has 0 unspecified atom stereocenters. The van der Waals surface area contributed by atoms with Crippen molar-refractivity contribution in [2.75, 3.05) is 7.11 Å². The highest BCUT2D eigenvalue weighted by molar-refractivity contribution is 5.89. The van der Waals surface area contributed by atoms with E-state index in [0.717, 1.165) is 34.2 Å². The van der Waals surface area contributed by atoms with Crippen LogP contribution in [0.5, 0.6) is 11.5 Å². The highest BCUT2D eigenvalue weighted by Crippen LogP contribution is 2.34. The van der Waals surface area contributed by atoms with Crippen LogP contribution < -0.4 is 4.74 Å². The fourth-order valence-corrected chi connectivity index (χ4v) is 2.53. The lowest BCUT2D eigenvalue weighted by molar-refractivity contribution is -0.107. The van der Waals surface area contributed by atoms with Crippen molar-refractivity contribution in [3.63, 3.8) is 0 Å². The van der Waals surface area contributed by atoms with Crippen molar-refractivity contribution in [2.24, 2.45) is 0 Å². The number of methoxy groups -OCH3 is 1. The van der Waals surface area contributed by atoms with E-state index in [1.54, 1.807) is 19.2 Å². The third-order valence-electron chi connectivity index (χ3n) is 3.53. The first-order valence-electron chi connectivity index (χ1n) is 6.64. The molecule has 0 aliphatic rings. The summed E-state index contributed by atoms with van der Waals surface area (Å²) in [5.74, 6) is 0.936. The summed E-state index contributed by atoms with van der Waals surface area (Å²) in [6.45, 7) is 0. The first-order valence-corrected chi connectivity index (χ1v) is 6.64. The number of H-pyrrole nitrogens is 1. The molecule has 0 bridgehead atoms. The third kappa shape index (κ3) is 2.36. The molecule has 0 amide bonds. The number of fused-ring (bicyclic) bond motifs is 1. The Labute approximate surface area is 122 Å². The number of carbonyl (C=O) groups excluding carboxylic acids is 1. The molecule has 0 aliphatic carbocycles. The number of benzene rings is 2. The zero-order chi connectivity index (χ0) is 14.8. The van der Waals surface area contributed by atoms with Crippen LogP contribution in [0.15, 0.2) is 42.5 Å². The molecule has 2 N–H and O–H groups in total. The summed E-state index contributed by atoms with van der Waals surface area (Å²) in [7, 11) is 1.62. The Bertz CT molecular complexity index is 805. The molecule has 21 heavy (non-hydrogen) atoms. The summed E-state index contributed by atoms with van der Waals surface area (Å²) < 4.78 is 5.21. The maximum atomic E-state index is 10.8. The molecule has 4 heteroatoms. The lowest BCUT2D eigenvalue weighted by Gasteiger charge is -2.07. The van der Waals surface area contributed by atoms with Crippen molar-refractivity contribution >= 4 is 17.2 Å². The molecule has 0 saturated heterocycles. The van der Waals surface area contributed by atoms with Crippen LogP contribution in [-0.2, 0) is 11.2 Å². The minimum absolute atomic E-state index is 0.160. The van der Waals surface area contributed by atoms with Crippen LogP contribution in [0.2, 0.25) is 0 Å². The number of rotatable bonds is 4. The molecule has 0 aliphatic heterocycles. The van der Waals surface area contributed by atoms with Gasteiger partial charge in [-0.3, -0.25) is 0 Å². The van der Waals surface area contributed by atoms with Gasteiger partial charge in [0.2, 0.25) is 0 Å². The lowest BCUT2D eigenvalue weighted by Crippen LogP contribution is -1.91. The van der Waals surface area contributed by atoms with Crippen LogP contribution >= 0.6 is 0 Å². The van der Waals surface area contributed by atoms with Crippen LogP contribution in [0.25, 0.3) is 22.2 Å². The second kappa shape index (κ2) is 5.32. The Hall–Kier alpha value is -2.75. The summed E-state index contributed by atoms with van der Waals surface area (Å²) in [4.78, 5) is 14.1. The zero-order valence-electron chi connectivity index (χ0n) is 11.6. The van der Waals surface area contributed by atoms with Crippen LogP contribution in [0.3, 0.4) is 0 Å². The van der Waals surface area contributed by atoms with Crippen LogP contribution in [0.1, 0.15) is 5.56 Å². The number of aromatic nitrogens is 1. The van der Waals surface area contributed by atoms with Crippen LogP contribution in [0.4, 0.5) is 0 Å².